The van der Waals surface area contributed by atoms with E-state index in [1.54, 1.807) is 19.3 Å². The first-order valence-electron chi connectivity index (χ1n) is 7.86. The lowest BCUT2D eigenvalue weighted by molar-refractivity contribution is -0.385. The number of anilines is 1. The Labute approximate surface area is 155 Å². The molecule has 3 rings (SSSR count). The Morgan fingerprint density at radius 2 is 2.07 bits per heavy atom. The summed E-state index contributed by atoms with van der Waals surface area (Å²) in [6.07, 6.45) is 5.38. The van der Waals surface area contributed by atoms with Crippen molar-refractivity contribution in [3.8, 4) is 5.82 Å². The summed E-state index contributed by atoms with van der Waals surface area (Å²) in [5, 5.41) is 11.3. The molecule has 12 nitrogen and oxygen atoms in total. The molecule has 1 saturated heterocycles. The van der Waals surface area contributed by atoms with E-state index in [9.17, 15) is 18.5 Å². The molecule has 0 aromatic carbocycles. The molecule has 148 valence electrons. The highest BCUT2D eigenvalue weighted by atomic mass is 32.2. The minimum Gasteiger partial charge on any atom is -0.377 e. The van der Waals surface area contributed by atoms with Crippen molar-refractivity contribution in [2.24, 2.45) is 0 Å². The fourth-order valence-corrected chi connectivity index (χ4v) is 2.47. The fourth-order valence-electron chi connectivity index (χ4n) is 2.47. The highest BCUT2D eigenvalue weighted by molar-refractivity contribution is 7.85. The molecule has 1 aliphatic heterocycles. The average Bonchev–Trinajstić information content (AvgIpc) is 3.07. The third-order valence-electron chi connectivity index (χ3n) is 3.58. The van der Waals surface area contributed by atoms with E-state index >= 15 is 0 Å². The van der Waals surface area contributed by atoms with Gasteiger partial charge in [0.05, 0.1) is 30.4 Å². The third kappa shape index (κ3) is 5.67. The maximum Gasteiger partial charge on any atom is 0.333 e. The van der Waals surface area contributed by atoms with Crippen LogP contribution >= 0.6 is 0 Å². The molecule has 0 spiro atoms. The van der Waals surface area contributed by atoms with Crippen LogP contribution in [0.1, 0.15) is 12.6 Å². The largest absolute Gasteiger partial charge is 0.377 e. The zero-order valence-electron chi connectivity index (χ0n) is 15.0. The fraction of sp³-hybridized carbons (Fsp3) is 0.500. The summed E-state index contributed by atoms with van der Waals surface area (Å²) in [4.78, 5) is 25.6. The van der Waals surface area contributed by atoms with Gasteiger partial charge in [-0.3, -0.25) is 19.2 Å². The second kappa shape index (κ2) is 8.37. The number of rotatable bonds is 3. The minimum atomic E-state index is -3.67. The van der Waals surface area contributed by atoms with Gasteiger partial charge in [-0.1, -0.05) is 0 Å². The van der Waals surface area contributed by atoms with Crippen molar-refractivity contribution >= 4 is 21.8 Å². The first-order valence-corrected chi connectivity index (χ1v) is 9.71. The summed E-state index contributed by atoms with van der Waals surface area (Å²) < 4.78 is 32.8. The zero-order chi connectivity index (χ0) is 20.2. The number of nitro groups is 1. The molecule has 0 bridgehead atoms. The molecule has 1 fully saturated rings. The number of hydrogen-bond donors (Lipinski definition) is 1. The van der Waals surface area contributed by atoms with E-state index in [2.05, 4.69) is 15.0 Å². The molecule has 1 atom stereocenters. The van der Waals surface area contributed by atoms with Crippen molar-refractivity contribution in [2.75, 3.05) is 30.9 Å². The van der Waals surface area contributed by atoms with Crippen molar-refractivity contribution in [1.82, 2.24) is 19.5 Å². The summed E-state index contributed by atoms with van der Waals surface area (Å²) in [6, 6.07) is 0.116. The summed E-state index contributed by atoms with van der Waals surface area (Å²) in [5.41, 5.74) is 0.222. The van der Waals surface area contributed by atoms with Crippen LogP contribution in [0.5, 0.6) is 0 Å². The van der Waals surface area contributed by atoms with Crippen LogP contribution in [0.3, 0.4) is 0 Å². The highest BCUT2D eigenvalue weighted by Crippen LogP contribution is 2.27. The maximum absolute atomic E-state index is 11.3. The van der Waals surface area contributed by atoms with Crippen LogP contribution in [0.15, 0.2) is 18.7 Å². The Bertz CT molecular complexity index is 893. The molecule has 2 aromatic rings. The molecular weight excluding hydrogens is 380 g/mol. The van der Waals surface area contributed by atoms with E-state index in [1.165, 1.54) is 10.9 Å². The van der Waals surface area contributed by atoms with Gasteiger partial charge in [-0.25, -0.2) is 9.97 Å². The molecular formula is C14H20N6O6S. The van der Waals surface area contributed by atoms with Gasteiger partial charge in [-0.05, 0) is 13.8 Å². The number of nitrogens with zero attached hydrogens (tertiary/aromatic N) is 6. The van der Waals surface area contributed by atoms with Crippen molar-refractivity contribution in [1.29, 1.82) is 0 Å². The first-order chi connectivity index (χ1) is 12.6. The van der Waals surface area contributed by atoms with Gasteiger partial charge in [-0.2, -0.15) is 13.4 Å². The predicted octanol–water partition coefficient (Wildman–Crippen LogP) is 0.608. The van der Waals surface area contributed by atoms with E-state index in [0.29, 0.717) is 37.7 Å². The topological polar surface area (TPSA) is 154 Å². The Morgan fingerprint density at radius 3 is 2.59 bits per heavy atom. The Morgan fingerprint density at radius 1 is 1.41 bits per heavy atom. The standard InChI is InChI=1S/C13H16N6O3.CH4O3S/c1-9-7-22-6-5-18(9)13-15-10(2)11(19(20)21)12(16-13)17-4-3-14-8-17;1-5(2,3)4/h3-4,8-9H,5-7H2,1-2H3;1H3,(H,2,3,4)/t9-;/m0./s1. The third-order valence-corrected chi connectivity index (χ3v) is 3.58. The molecule has 0 aliphatic carbocycles. The molecule has 0 radical (unpaired) electrons. The molecule has 2 aromatic heterocycles. The highest BCUT2D eigenvalue weighted by Gasteiger charge is 2.28. The number of morpholine rings is 1. The van der Waals surface area contributed by atoms with E-state index in [-0.39, 0.29) is 17.5 Å². The second-order valence-electron chi connectivity index (χ2n) is 5.86. The SMILES string of the molecule is CS(=O)(=O)O.Cc1nc(N2CCOC[C@@H]2C)nc(-n2ccnc2)c1[N+](=O)[O-]. The van der Waals surface area contributed by atoms with E-state index in [0.717, 1.165) is 0 Å². The molecule has 0 amide bonds. The van der Waals surface area contributed by atoms with Crippen molar-refractivity contribution in [2.45, 2.75) is 19.9 Å². The maximum atomic E-state index is 11.3. The Kier molecular flexibility index (Phi) is 6.41. The van der Waals surface area contributed by atoms with Crippen LogP contribution in [0.25, 0.3) is 5.82 Å². The quantitative estimate of drug-likeness (QED) is 0.440. The molecule has 0 unspecified atom stereocenters. The number of ether oxygens (including phenoxy) is 1. The Hall–Kier alpha value is -2.64. The second-order valence-corrected chi connectivity index (χ2v) is 7.32. The lowest BCUT2D eigenvalue weighted by Crippen LogP contribution is -2.44. The number of imidazole rings is 1. The van der Waals surface area contributed by atoms with Crippen molar-refractivity contribution in [3.05, 3.63) is 34.5 Å². The monoisotopic (exact) mass is 400 g/mol. The van der Waals surface area contributed by atoms with E-state index in [4.69, 9.17) is 9.29 Å². The van der Waals surface area contributed by atoms with Gasteiger partial charge in [0, 0.05) is 18.9 Å². The number of aryl methyl sites for hydroxylation is 1. The van der Waals surface area contributed by atoms with Crippen LogP contribution in [0.4, 0.5) is 11.6 Å². The van der Waals surface area contributed by atoms with Gasteiger partial charge in [0.2, 0.25) is 11.8 Å². The van der Waals surface area contributed by atoms with Crippen LogP contribution in [-0.4, -0.2) is 69.5 Å². The van der Waals surface area contributed by atoms with E-state index < -0.39 is 15.0 Å². The van der Waals surface area contributed by atoms with Gasteiger partial charge in [0.15, 0.2) is 0 Å². The van der Waals surface area contributed by atoms with Crippen LogP contribution in [0, 0.1) is 17.0 Å². The zero-order valence-corrected chi connectivity index (χ0v) is 15.8. The average molecular weight is 400 g/mol. The molecule has 1 aliphatic rings. The summed E-state index contributed by atoms with van der Waals surface area (Å²) in [7, 11) is -3.67. The lowest BCUT2D eigenvalue weighted by atomic mass is 10.2. The summed E-state index contributed by atoms with van der Waals surface area (Å²) in [5.74, 6) is 0.700. The number of hydrogen-bond acceptors (Lipinski definition) is 9. The lowest BCUT2D eigenvalue weighted by Gasteiger charge is -2.33. The number of aromatic nitrogens is 4. The van der Waals surface area contributed by atoms with E-state index in [1.807, 2.05) is 11.8 Å². The van der Waals surface area contributed by atoms with Gasteiger partial charge in [-0.15, -0.1) is 0 Å². The van der Waals surface area contributed by atoms with Crippen LogP contribution in [-0.2, 0) is 14.9 Å². The van der Waals surface area contributed by atoms with Crippen molar-refractivity contribution in [3.63, 3.8) is 0 Å². The van der Waals surface area contributed by atoms with Crippen LogP contribution in [0.2, 0.25) is 0 Å². The summed E-state index contributed by atoms with van der Waals surface area (Å²) >= 11 is 0. The Balaban J connectivity index is 0.000000465. The van der Waals surface area contributed by atoms with Crippen LogP contribution < -0.4 is 4.90 Å². The van der Waals surface area contributed by atoms with Gasteiger partial charge >= 0.3 is 5.69 Å². The molecule has 13 heteroatoms. The first kappa shape index (κ1) is 20.7. The van der Waals surface area contributed by atoms with Gasteiger partial charge in [0.25, 0.3) is 10.1 Å². The minimum absolute atomic E-state index is 0.109. The van der Waals surface area contributed by atoms with Crippen molar-refractivity contribution < 1.29 is 22.6 Å². The molecule has 3 heterocycles. The molecule has 1 N–H and O–H groups in total. The molecule has 0 saturated carbocycles. The normalized spacial score (nSPS) is 17.2. The van der Waals surface area contributed by atoms with Gasteiger partial charge in [0.1, 0.15) is 12.0 Å². The summed E-state index contributed by atoms with van der Waals surface area (Å²) in [6.45, 7) is 5.46. The predicted molar refractivity (Wildman–Crippen MR) is 95.6 cm³/mol. The smallest absolute Gasteiger partial charge is 0.333 e. The van der Waals surface area contributed by atoms with Gasteiger partial charge < -0.3 is 9.64 Å². The molecule has 27 heavy (non-hydrogen) atoms.